The van der Waals surface area contributed by atoms with E-state index < -0.39 is 0 Å². The largest absolute Gasteiger partial charge is 0.320 e. The van der Waals surface area contributed by atoms with Crippen molar-refractivity contribution in [1.29, 1.82) is 0 Å². The molecule has 0 amide bonds. The molecule has 0 bridgehead atoms. The van der Waals surface area contributed by atoms with E-state index in [2.05, 4.69) is 19.1 Å². The average Bonchev–Trinajstić information content (AvgIpc) is 2.17. The molecule has 1 aromatic carbocycles. The summed E-state index contributed by atoms with van der Waals surface area (Å²) in [6.45, 7) is 3.95. The molecule has 1 aliphatic heterocycles. The minimum atomic E-state index is -0.162. The summed E-state index contributed by atoms with van der Waals surface area (Å²) in [5.41, 5.74) is 2.39. The first-order chi connectivity index (χ1) is 6.75. The Bertz CT molecular complexity index is 323. The molecule has 2 heteroatoms. The quantitative estimate of drug-likeness (QED) is 0.714. The van der Waals surface area contributed by atoms with E-state index >= 15 is 0 Å². The van der Waals surface area contributed by atoms with E-state index in [-0.39, 0.29) is 12.6 Å². The van der Waals surface area contributed by atoms with Crippen molar-refractivity contribution in [1.82, 2.24) is 0 Å². The molecule has 1 aromatic rings. The van der Waals surface area contributed by atoms with Gasteiger partial charge >= 0.3 is 0 Å². The second-order valence-corrected chi connectivity index (χ2v) is 3.42. The lowest BCUT2D eigenvalue weighted by atomic mass is 10.1. The van der Waals surface area contributed by atoms with Crippen LogP contribution in [0.15, 0.2) is 36.4 Å². The summed E-state index contributed by atoms with van der Waals surface area (Å²) in [7, 11) is 0. The number of benzene rings is 1. The van der Waals surface area contributed by atoms with Crippen molar-refractivity contribution in [3.05, 3.63) is 42.0 Å². The Balaban J connectivity index is 2.05. The van der Waals surface area contributed by atoms with Crippen LogP contribution < -0.4 is 0 Å². The predicted molar refractivity (Wildman–Crippen MR) is 55.5 cm³/mol. The Morgan fingerprint density at radius 2 is 1.86 bits per heavy atom. The fourth-order valence-electron chi connectivity index (χ4n) is 1.47. The van der Waals surface area contributed by atoms with E-state index in [1.54, 1.807) is 0 Å². The molecular weight excluding hydrogens is 176 g/mol. The number of allylic oxidation sites excluding steroid dienone is 1. The van der Waals surface area contributed by atoms with E-state index in [1.807, 2.05) is 31.2 Å². The summed E-state index contributed by atoms with van der Waals surface area (Å²) in [5.74, 6) is 0. The molecule has 0 atom stereocenters. The summed E-state index contributed by atoms with van der Waals surface area (Å²) in [6.07, 6.45) is 1.78. The van der Waals surface area contributed by atoms with Crippen molar-refractivity contribution in [2.24, 2.45) is 0 Å². The van der Waals surface area contributed by atoms with Gasteiger partial charge in [-0.2, -0.15) is 0 Å². The molecule has 0 unspecified atom stereocenters. The zero-order chi connectivity index (χ0) is 9.97. The van der Waals surface area contributed by atoms with Gasteiger partial charge in [0, 0.05) is 0 Å². The Labute approximate surface area is 84.2 Å². The minimum absolute atomic E-state index is 0.0557. The maximum Gasteiger partial charge on any atom is 0.183 e. The van der Waals surface area contributed by atoms with Crippen LogP contribution in [0.5, 0.6) is 0 Å². The molecule has 1 fully saturated rings. The molecule has 1 aliphatic rings. The van der Waals surface area contributed by atoms with E-state index in [1.165, 1.54) is 11.1 Å². The molecule has 14 heavy (non-hydrogen) atoms. The lowest BCUT2D eigenvalue weighted by Crippen LogP contribution is -2.37. The summed E-state index contributed by atoms with van der Waals surface area (Å²) in [5, 5.41) is 0. The molecule has 0 radical (unpaired) electrons. The van der Waals surface area contributed by atoms with E-state index in [4.69, 9.17) is 9.47 Å². The molecule has 0 saturated carbocycles. The second kappa shape index (κ2) is 3.95. The van der Waals surface area contributed by atoms with Gasteiger partial charge in [0.25, 0.3) is 0 Å². The topological polar surface area (TPSA) is 18.5 Å². The van der Waals surface area contributed by atoms with E-state index in [0.29, 0.717) is 0 Å². The summed E-state index contributed by atoms with van der Waals surface area (Å²) < 4.78 is 10.7. The Kier molecular flexibility index (Phi) is 2.66. The van der Waals surface area contributed by atoms with Crippen LogP contribution in [0.3, 0.4) is 0 Å². The molecule has 2 rings (SSSR count). The molecule has 0 spiro atoms. The number of hydrogen-bond donors (Lipinski definition) is 0. The highest BCUT2D eigenvalue weighted by Gasteiger charge is 2.24. The van der Waals surface area contributed by atoms with Gasteiger partial charge in [0.05, 0.1) is 0 Å². The van der Waals surface area contributed by atoms with Crippen LogP contribution in [0.2, 0.25) is 0 Å². The maximum absolute atomic E-state index is 5.33. The standard InChI is InChI=1S/C12H14O2/c1-9(8-12-13-10(2)14-12)11-6-4-3-5-7-11/h3-8,10,12H,1-2H3. The highest BCUT2D eigenvalue weighted by Crippen LogP contribution is 2.21. The number of rotatable bonds is 2. The second-order valence-electron chi connectivity index (χ2n) is 3.42. The van der Waals surface area contributed by atoms with Crippen molar-refractivity contribution < 1.29 is 9.47 Å². The van der Waals surface area contributed by atoms with Gasteiger partial charge in [-0.15, -0.1) is 0 Å². The Hall–Kier alpha value is -1.12. The molecular formula is C12H14O2. The Morgan fingerprint density at radius 1 is 1.21 bits per heavy atom. The monoisotopic (exact) mass is 190 g/mol. The minimum Gasteiger partial charge on any atom is -0.320 e. The molecule has 0 N–H and O–H groups in total. The van der Waals surface area contributed by atoms with Gasteiger partial charge < -0.3 is 9.47 Å². The number of hydrogen-bond acceptors (Lipinski definition) is 2. The third-order valence-corrected chi connectivity index (χ3v) is 2.27. The van der Waals surface area contributed by atoms with Crippen LogP contribution in [0.25, 0.3) is 5.57 Å². The summed E-state index contributed by atoms with van der Waals surface area (Å²) in [6, 6.07) is 10.2. The summed E-state index contributed by atoms with van der Waals surface area (Å²) in [4.78, 5) is 0. The molecule has 74 valence electrons. The van der Waals surface area contributed by atoms with Crippen molar-refractivity contribution >= 4 is 5.57 Å². The van der Waals surface area contributed by atoms with Crippen LogP contribution in [0.4, 0.5) is 0 Å². The predicted octanol–water partition coefficient (Wildman–Crippen LogP) is 2.81. The van der Waals surface area contributed by atoms with Gasteiger partial charge in [0.1, 0.15) is 0 Å². The van der Waals surface area contributed by atoms with Crippen molar-refractivity contribution in [2.75, 3.05) is 0 Å². The lowest BCUT2D eigenvalue weighted by Gasteiger charge is -2.31. The Morgan fingerprint density at radius 3 is 2.43 bits per heavy atom. The first-order valence-electron chi connectivity index (χ1n) is 4.80. The van der Waals surface area contributed by atoms with Gasteiger partial charge in [-0.1, -0.05) is 30.3 Å². The highest BCUT2D eigenvalue weighted by molar-refractivity contribution is 5.63. The third-order valence-electron chi connectivity index (χ3n) is 2.27. The maximum atomic E-state index is 5.33. The van der Waals surface area contributed by atoms with Crippen LogP contribution >= 0.6 is 0 Å². The average molecular weight is 190 g/mol. The summed E-state index contributed by atoms with van der Waals surface area (Å²) >= 11 is 0. The van der Waals surface area contributed by atoms with Crippen molar-refractivity contribution in [3.63, 3.8) is 0 Å². The van der Waals surface area contributed by atoms with Crippen molar-refractivity contribution in [2.45, 2.75) is 26.4 Å². The molecule has 0 aliphatic carbocycles. The zero-order valence-electron chi connectivity index (χ0n) is 8.44. The molecule has 0 aromatic heterocycles. The van der Waals surface area contributed by atoms with Gasteiger partial charge in [-0.05, 0) is 31.1 Å². The highest BCUT2D eigenvalue weighted by atomic mass is 16.9. The normalized spacial score (nSPS) is 27.1. The van der Waals surface area contributed by atoms with Gasteiger partial charge in [0.15, 0.2) is 12.6 Å². The molecule has 1 heterocycles. The molecule has 2 nitrogen and oxygen atoms in total. The smallest absolute Gasteiger partial charge is 0.183 e. The fraction of sp³-hybridized carbons (Fsp3) is 0.333. The van der Waals surface area contributed by atoms with Crippen LogP contribution in [-0.4, -0.2) is 12.6 Å². The lowest BCUT2D eigenvalue weighted by molar-refractivity contribution is -0.354. The van der Waals surface area contributed by atoms with Gasteiger partial charge in [0.2, 0.25) is 0 Å². The van der Waals surface area contributed by atoms with Crippen molar-refractivity contribution in [3.8, 4) is 0 Å². The SMILES string of the molecule is CC(=CC1OC(C)O1)c1ccccc1. The first kappa shape index (κ1) is 9.44. The number of ether oxygens (including phenoxy) is 2. The first-order valence-corrected chi connectivity index (χ1v) is 4.80. The fourth-order valence-corrected chi connectivity index (χ4v) is 1.47. The third kappa shape index (κ3) is 2.03. The van der Waals surface area contributed by atoms with Gasteiger partial charge in [-0.25, -0.2) is 0 Å². The molecule has 1 saturated heterocycles. The van der Waals surface area contributed by atoms with Gasteiger partial charge in [-0.3, -0.25) is 0 Å². The van der Waals surface area contributed by atoms with E-state index in [9.17, 15) is 0 Å². The van der Waals surface area contributed by atoms with Crippen LogP contribution in [0.1, 0.15) is 19.4 Å². The zero-order valence-corrected chi connectivity index (χ0v) is 8.44. The van der Waals surface area contributed by atoms with Crippen LogP contribution in [-0.2, 0) is 9.47 Å². The van der Waals surface area contributed by atoms with Crippen LogP contribution in [0, 0.1) is 0 Å². The van der Waals surface area contributed by atoms with E-state index in [0.717, 1.165) is 0 Å².